The molecule has 21 heavy (non-hydrogen) atoms. The Kier molecular flexibility index (Phi) is 7.20. The van der Waals surface area contributed by atoms with Gasteiger partial charge in [0.2, 0.25) is 0 Å². The molecule has 1 rings (SSSR count). The molecule has 0 aliphatic rings. The maximum Gasteiger partial charge on any atom is 0.122 e. The van der Waals surface area contributed by atoms with Gasteiger partial charge in [-0.05, 0) is 62.3 Å². The number of ether oxygens (including phenoxy) is 1. The van der Waals surface area contributed by atoms with E-state index in [4.69, 9.17) is 4.74 Å². The lowest BCUT2D eigenvalue weighted by Crippen LogP contribution is -2.27. The zero-order valence-electron chi connectivity index (χ0n) is 14.0. The van der Waals surface area contributed by atoms with E-state index in [9.17, 15) is 10.2 Å². The summed E-state index contributed by atoms with van der Waals surface area (Å²) in [6, 6.07) is 4.21. The fourth-order valence-corrected chi connectivity index (χ4v) is 2.79. The van der Waals surface area contributed by atoms with Crippen LogP contribution in [0.15, 0.2) is 12.1 Å². The third kappa shape index (κ3) is 5.01. The van der Waals surface area contributed by atoms with Gasteiger partial charge in [0.25, 0.3) is 0 Å². The van der Waals surface area contributed by atoms with Crippen molar-refractivity contribution in [1.29, 1.82) is 0 Å². The first-order valence-electron chi connectivity index (χ1n) is 8.00. The first kappa shape index (κ1) is 18.0. The van der Waals surface area contributed by atoms with Crippen LogP contribution in [0.1, 0.15) is 62.6 Å². The van der Waals surface area contributed by atoms with Gasteiger partial charge in [0, 0.05) is 0 Å². The zero-order valence-corrected chi connectivity index (χ0v) is 14.0. The Morgan fingerprint density at radius 1 is 1.05 bits per heavy atom. The standard InChI is InChI=1S/C18H30O3/c1-6-8-16(19)17(20)10-12(3)15-9-14(5)18(21-7-2)11-13(15)4/h9,11-12,16-17,19-20H,6-8,10H2,1-5H3. The lowest BCUT2D eigenvalue weighted by atomic mass is 9.88. The Morgan fingerprint density at radius 2 is 1.71 bits per heavy atom. The van der Waals surface area contributed by atoms with Gasteiger partial charge in [-0.1, -0.05) is 26.3 Å². The lowest BCUT2D eigenvalue weighted by molar-refractivity contribution is 0.00635. The van der Waals surface area contributed by atoms with Crippen molar-refractivity contribution >= 4 is 0 Å². The highest BCUT2D eigenvalue weighted by molar-refractivity contribution is 5.43. The van der Waals surface area contributed by atoms with Crippen molar-refractivity contribution in [1.82, 2.24) is 0 Å². The number of hydrogen-bond donors (Lipinski definition) is 2. The van der Waals surface area contributed by atoms with Gasteiger partial charge >= 0.3 is 0 Å². The monoisotopic (exact) mass is 294 g/mol. The van der Waals surface area contributed by atoms with Crippen molar-refractivity contribution < 1.29 is 14.9 Å². The van der Waals surface area contributed by atoms with Gasteiger partial charge in [-0.15, -0.1) is 0 Å². The molecular weight excluding hydrogens is 264 g/mol. The molecule has 0 aliphatic carbocycles. The SMILES string of the molecule is CCCC(O)C(O)CC(C)c1cc(C)c(OCC)cc1C. The molecule has 120 valence electrons. The average molecular weight is 294 g/mol. The molecule has 0 fully saturated rings. The molecule has 3 nitrogen and oxygen atoms in total. The van der Waals surface area contributed by atoms with Gasteiger partial charge in [-0.25, -0.2) is 0 Å². The van der Waals surface area contributed by atoms with Crippen molar-refractivity contribution in [3.63, 3.8) is 0 Å². The maximum absolute atomic E-state index is 10.1. The second-order valence-corrected chi connectivity index (χ2v) is 5.97. The molecule has 0 aliphatic heterocycles. The van der Waals surface area contributed by atoms with Crippen molar-refractivity contribution in [2.24, 2.45) is 0 Å². The molecule has 0 saturated heterocycles. The molecule has 0 amide bonds. The largest absolute Gasteiger partial charge is 0.494 e. The molecule has 0 radical (unpaired) electrons. The highest BCUT2D eigenvalue weighted by Gasteiger charge is 2.20. The van der Waals surface area contributed by atoms with E-state index in [0.717, 1.165) is 17.7 Å². The van der Waals surface area contributed by atoms with Crippen LogP contribution in [-0.2, 0) is 0 Å². The van der Waals surface area contributed by atoms with E-state index in [1.807, 2.05) is 20.8 Å². The number of aliphatic hydroxyl groups excluding tert-OH is 2. The predicted molar refractivity (Wildman–Crippen MR) is 87.0 cm³/mol. The van der Waals surface area contributed by atoms with Crippen LogP contribution in [0.3, 0.4) is 0 Å². The van der Waals surface area contributed by atoms with E-state index in [1.165, 1.54) is 11.1 Å². The van der Waals surface area contributed by atoms with Gasteiger partial charge in [0.05, 0.1) is 18.8 Å². The Morgan fingerprint density at radius 3 is 2.29 bits per heavy atom. The van der Waals surface area contributed by atoms with Crippen LogP contribution in [0, 0.1) is 13.8 Å². The van der Waals surface area contributed by atoms with Crippen LogP contribution in [0.25, 0.3) is 0 Å². The Balaban J connectivity index is 2.82. The van der Waals surface area contributed by atoms with Crippen molar-refractivity contribution in [3.8, 4) is 5.75 Å². The topological polar surface area (TPSA) is 49.7 Å². The molecule has 3 unspecified atom stereocenters. The van der Waals surface area contributed by atoms with Crippen molar-refractivity contribution in [2.75, 3.05) is 6.61 Å². The van der Waals surface area contributed by atoms with Crippen LogP contribution in [0.4, 0.5) is 0 Å². The van der Waals surface area contributed by atoms with E-state index >= 15 is 0 Å². The summed E-state index contributed by atoms with van der Waals surface area (Å²) in [5, 5.41) is 20.0. The Hall–Kier alpha value is -1.06. The van der Waals surface area contributed by atoms with E-state index in [2.05, 4.69) is 26.0 Å². The summed E-state index contributed by atoms with van der Waals surface area (Å²) in [6.07, 6.45) is 0.825. The quantitative estimate of drug-likeness (QED) is 0.768. The minimum Gasteiger partial charge on any atom is -0.494 e. The van der Waals surface area contributed by atoms with Crippen molar-refractivity contribution in [3.05, 3.63) is 28.8 Å². The molecule has 0 aromatic heterocycles. The van der Waals surface area contributed by atoms with Crippen LogP contribution in [0.5, 0.6) is 5.75 Å². The van der Waals surface area contributed by atoms with E-state index in [0.29, 0.717) is 19.4 Å². The summed E-state index contributed by atoms with van der Waals surface area (Å²) >= 11 is 0. The van der Waals surface area contributed by atoms with Gasteiger partial charge < -0.3 is 14.9 Å². The molecule has 3 heteroatoms. The Bertz CT molecular complexity index is 442. The minimum atomic E-state index is -0.661. The third-order valence-electron chi connectivity index (χ3n) is 4.02. The number of rotatable bonds is 8. The summed E-state index contributed by atoms with van der Waals surface area (Å²) in [5.41, 5.74) is 3.51. The molecule has 0 spiro atoms. The fourth-order valence-electron chi connectivity index (χ4n) is 2.79. The molecule has 1 aromatic rings. The lowest BCUT2D eigenvalue weighted by Gasteiger charge is -2.23. The first-order chi connectivity index (χ1) is 9.90. The van der Waals surface area contributed by atoms with Crippen LogP contribution >= 0.6 is 0 Å². The summed E-state index contributed by atoms with van der Waals surface area (Å²) in [4.78, 5) is 0. The number of aliphatic hydroxyl groups is 2. The second kappa shape index (κ2) is 8.40. The van der Waals surface area contributed by atoms with E-state index < -0.39 is 12.2 Å². The molecule has 2 N–H and O–H groups in total. The summed E-state index contributed by atoms with van der Waals surface area (Å²) in [6.45, 7) is 10.9. The second-order valence-electron chi connectivity index (χ2n) is 5.97. The highest BCUT2D eigenvalue weighted by atomic mass is 16.5. The number of aryl methyl sites for hydroxylation is 2. The molecule has 0 bridgehead atoms. The Labute approximate surface area is 129 Å². The van der Waals surface area contributed by atoms with E-state index in [-0.39, 0.29) is 5.92 Å². The van der Waals surface area contributed by atoms with Gasteiger partial charge in [0.15, 0.2) is 0 Å². The summed E-state index contributed by atoms with van der Waals surface area (Å²) < 4.78 is 5.61. The van der Waals surface area contributed by atoms with Crippen molar-refractivity contribution in [2.45, 2.75) is 72.0 Å². The van der Waals surface area contributed by atoms with Gasteiger partial charge in [0.1, 0.15) is 5.75 Å². The van der Waals surface area contributed by atoms with Gasteiger partial charge in [-0.2, -0.15) is 0 Å². The summed E-state index contributed by atoms with van der Waals surface area (Å²) in [7, 11) is 0. The third-order valence-corrected chi connectivity index (χ3v) is 4.02. The molecule has 0 heterocycles. The smallest absolute Gasteiger partial charge is 0.122 e. The molecular formula is C18H30O3. The number of hydrogen-bond acceptors (Lipinski definition) is 3. The van der Waals surface area contributed by atoms with Crippen LogP contribution < -0.4 is 4.74 Å². The molecule has 3 atom stereocenters. The minimum absolute atomic E-state index is 0.209. The molecule has 0 saturated carbocycles. The predicted octanol–water partition coefficient (Wildman–Crippen LogP) is 3.72. The number of benzene rings is 1. The zero-order chi connectivity index (χ0) is 16.0. The normalized spacial score (nSPS) is 15.6. The maximum atomic E-state index is 10.1. The van der Waals surface area contributed by atoms with E-state index in [1.54, 1.807) is 0 Å². The fraction of sp³-hybridized carbons (Fsp3) is 0.667. The summed E-state index contributed by atoms with van der Waals surface area (Å²) in [5.74, 6) is 1.14. The first-order valence-corrected chi connectivity index (χ1v) is 8.00. The highest BCUT2D eigenvalue weighted by Crippen LogP contribution is 2.30. The van der Waals surface area contributed by atoms with Crippen LogP contribution in [0.2, 0.25) is 0 Å². The van der Waals surface area contributed by atoms with Gasteiger partial charge in [-0.3, -0.25) is 0 Å². The molecule has 1 aromatic carbocycles. The average Bonchev–Trinajstić information content (AvgIpc) is 2.42. The van der Waals surface area contributed by atoms with Crippen LogP contribution in [-0.4, -0.2) is 29.0 Å².